The monoisotopic (exact) mass is 1040 g/mol. The molecule has 2 aromatic heterocycles. The van der Waals surface area contributed by atoms with Crippen LogP contribution < -0.4 is 21.3 Å². The van der Waals surface area contributed by atoms with E-state index >= 15 is 0 Å². The number of halogens is 3. The Bertz CT molecular complexity index is 2240. The van der Waals surface area contributed by atoms with Crippen molar-refractivity contribution >= 4 is 29.5 Å². The van der Waals surface area contributed by atoms with Crippen LogP contribution in [0.25, 0.3) is 0 Å². The molecule has 6 aliphatic rings. The molecule has 0 unspecified atom stereocenters. The molecule has 3 aliphatic heterocycles. The molecular weight excluding hydrogens is 962 g/mol. The zero-order valence-electron chi connectivity index (χ0n) is 43.5. The molecule has 0 bridgehead atoms. The van der Waals surface area contributed by atoms with Gasteiger partial charge in [0.15, 0.2) is 0 Å². The number of aromatic nitrogens is 2. The minimum atomic E-state index is -4.63. The number of fused-ring (bicyclic) bond motifs is 1. The van der Waals surface area contributed by atoms with Crippen molar-refractivity contribution in [3.05, 3.63) is 59.2 Å². The van der Waals surface area contributed by atoms with Gasteiger partial charge in [0, 0.05) is 102 Å². The number of alkyl halides is 3. The normalized spacial score (nSPS) is 30.5. The highest BCUT2D eigenvalue weighted by atomic mass is 19.4. The molecule has 3 saturated carbocycles. The van der Waals surface area contributed by atoms with Crippen LogP contribution in [0.3, 0.4) is 0 Å². The molecule has 2 saturated heterocycles. The molecule has 3 aliphatic carbocycles. The lowest BCUT2D eigenvalue weighted by Crippen LogP contribution is -2.53. The van der Waals surface area contributed by atoms with Crippen molar-refractivity contribution in [2.75, 3.05) is 53.7 Å². The molecule has 7 atom stereocenters. The van der Waals surface area contributed by atoms with Crippen LogP contribution in [0.2, 0.25) is 0 Å². The fourth-order valence-electron chi connectivity index (χ4n) is 12.5. The summed E-state index contributed by atoms with van der Waals surface area (Å²) in [4.78, 5) is 79.0. The fourth-order valence-corrected chi connectivity index (χ4v) is 12.5. The first-order valence-corrected chi connectivity index (χ1v) is 27.0. The molecular formula is C54H77F3N8O9. The highest BCUT2D eigenvalue weighted by Crippen LogP contribution is 2.48. The van der Waals surface area contributed by atoms with Crippen molar-refractivity contribution in [2.45, 2.75) is 171 Å². The van der Waals surface area contributed by atoms with Crippen molar-refractivity contribution < 1.29 is 56.1 Å². The Morgan fingerprint density at radius 1 is 0.932 bits per heavy atom. The van der Waals surface area contributed by atoms with Gasteiger partial charge in [-0.2, -0.15) is 13.2 Å². The summed E-state index contributed by atoms with van der Waals surface area (Å²) in [5.74, 6) is -1.56. The van der Waals surface area contributed by atoms with Gasteiger partial charge in [-0.1, -0.05) is 19.9 Å². The van der Waals surface area contributed by atoms with E-state index in [1.54, 1.807) is 42.4 Å². The first-order chi connectivity index (χ1) is 35.5. The van der Waals surface area contributed by atoms with Gasteiger partial charge < -0.3 is 50.0 Å². The lowest BCUT2D eigenvalue weighted by Gasteiger charge is -2.42. The summed E-state index contributed by atoms with van der Waals surface area (Å²) in [5, 5.41) is 12.9. The van der Waals surface area contributed by atoms with Gasteiger partial charge in [-0.15, -0.1) is 0 Å². The summed E-state index contributed by atoms with van der Waals surface area (Å²) in [7, 11) is 3.39. The van der Waals surface area contributed by atoms with E-state index in [4.69, 9.17) is 18.9 Å². The largest absolute Gasteiger partial charge is 0.417 e. The minimum absolute atomic E-state index is 0.0326. The molecule has 8 rings (SSSR count). The lowest BCUT2D eigenvalue weighted by atomic mass is 9.73. The number of hydrogen-bond acceptors (Lipinski definition) is 12. The number of pyridine rings is 2. The van der Waals surface area contributed by atoms with Crippen LogP contribution in [0.5, 0.6) is 0 Å². The highest BCUT2D eigenvalue weighted by molar-refractivity contribution is 5.90. The van der Waals surface area contributed by atoms with Crippen molar-refractivity contribution in [2.24, 2.45) is 23.2 Å². The summed E-state index contributed by atoms with van der Waals surface area (Å²) in [6.45, 7) is 6.44. The zero-order valence-corrected chi connectivity index (χ0v) is 43.5. The number of likely N-dealkylation sites (tertiary alicyclic amines) is 1. The molecule has 5 heterocycles. The summed E-state index contributed by atoms with van der Waals surface area (Å²) in [6, 6.07) is 3.68. The average Bonchev–Trinajstić information content (AvgIpc) is 3.97. The number of carbonyl (C=O) groups is 5. The molecule has 0 radical (unpaired) electrons. The van der Waals surface area contributed by atoms with Gasteiger partial charge in [0.25, 0.3) is 0 Å². The minimum Gasteiger partial charge on any atom is -0.379 e. The Kier molecular flexibility index (Phi) is 18.7. The number of carbonyl (C=O) groups excluding carboxylic acids is 5. The third kappa shape index (κ3) is 13.4. The molecule has 408 valence electrons. The topological polar surface area (TPSA) is 203 Å². The van der Waals surface area contributed by atoms with E-state index in [9.17, 15) is 37.1 Å². The number of hydrogen-bond donors (Lipinski definition) is 4. The Morgan fingerprint density at radius 2 is 1.68 bits per heavy atom. The smallest absolute Gasteiger partial charge is 0.379 e. The van der Waals surface area contributed by atoms with Crippen LogP contribution in [0, 0.1) is 23.2 Å². The second-order valence-electron chi connectivity index (χ2n) is 21.9. The third-order valence-electron chi connectivity index (χ3n) is 16.9. The van der Waals surface area contributed by atoms with Gasteiger partial charge in [-0.25, -0.2) is 0 Å². The zero-order chi connectivity index (χ0) is 52.6. The first-order valence-electron chi connectivity index (χ1n) is 27.0. The predicted octanol–water partition coefficient (Wildman–Crippen LogP) is 5.72. The van der Waals surface area contributed by atoms with Crippen LogP contribution in [0.4, 0.5) is 13.2 Å². The highest BCUT2D eigenvalue weighted by Gasteiger charge is 2.51. The van der Waals surface area contributed by atoms with Gasteiger partial charge in [0.1, 0.15) is 0 Å². The van der Waals surface area contributed by atoms with E-state index in [0.29, 0.717) is 90.0 Å². The summed E-state index contributed by atoms with van der Waals surface area (Å²) < 4.78 is 65.5. The summed E-state index contributed by atoms with van der Waals surface area (Å²) in [6.07, 6.45) is 9.04. The second kappa shape index (κ2) is 24.9. The molecule has 5 fully saturated rings. The summed E-state index contributed by atoms with van der Waals surface area (Å²) in [5.41, 5.74) is -0.187. The maximum absolute atomic E-state index is 14.8. The Balaban J connectivity index is 0.737. The fraction of sp³-hybridized carbons (Fsp3) is 0.722. The molecule has 5 amide bonds. The van der Waals surface area contributed by atoms with Gasteiger partial charge in [0.05, 0.1) is 66.2 Å². The quantitative estimate of drug-likeness (QED) is 0.125. The van der Waals surface area contributed by atoms with E-state index in [0.717, 1.165) is 56.4 Å². The average molecular weight is 1040 g/mol. The maximum Gasteiger partial charge on any atom is 0.417 e. The van der Waals surface area contributed by atoms with Crippen LogP contribution >= 0.6 is 0 Å². The van der Waals surface area contributed by atoms with E-state index in [-0.39, 0.29) is 109 Å². The van der Waals surface area contributed by atoms with Crippen molar-refractivity contribution in [1.82, 2.24) is 41.0 Å². The summed E-state index contributed by atoms with van der Waals surface area (Å²) >= 11 is 0. The first kappa shape index (κ1) is 55.5. The number of ether oxygens (including phenoxy) is 4. The van der Waals surface area contributed by atoms with Gasteiger partial charge in [-0.05, 0) is 113 Å². The molecule has 74 heavy (non-hydrogen) atoms. The Labute approximate surface area is 432 Å². The molecule has 4 N–H and O–H groups in total. The third-order valence-corrected chi connectivity index (χ3v) is 16.9. The molecule has 0 spiro atoms. The molecule has 20 heteroatoms. The number of methoxy groups -OCH3 is 1. The molecule has 2 aromatic rings. The van der Waals surface area contributed by atoms with E-state index in [1.807, 2.05) is 19.9 Å². The van der Waals surface area contributed by atoms with E-state index < -0.39 is 29.1 Å². The Morgan fingerprint density at radius 3 is 2.36 bits per heavy atom. The van der Waals surface area contributed by atoms with Gasteiger partial charge in [-0.3, -0.25) is 33.9 Å². The SMILES string of the molecule is CO[C@@H]1COCC[C@@H]1N[C@@H]1CC[C@@](C(=O)N2Cc3cc(C(F)(F)F)cnc3[C@H](NC(=O)C3CCC(NC(=O)CCCOC4CCC(OCCNC(=O)[C@H]5CC(=O)N(C)[C@@H]5c5cccnc5)CC4)CC3)C2)(C(C)C)C1. The maximum atomic E-state index is 14.8. The van der Waals surface area contributed by atoms with Crippen LogP contribution in [-0.2, 0) is 55.6 Å². The van der Waals surface area contributed by atoms with E-state index in [1.165, 1.54) is 0 Å². The van der Waals surface area contributed by atoms with Crippen LogP contribution in [-0.4, -0.2) is 139 Å². The number of rotatable bonds is 19. The lowest BCUT2D eigenvalue weighted by molar-refractivity contribution is -0.147. The van der Waals surface area contributed by atoms with E-state index in [2.05, 4.69) is 31.2 Å². The molecule has 0 aromatic carbocycles. The van der Waals surface area contributed by atoms with Crippen LogP contribution in [0.1, 0.15) is 145 Å². The van der Waals surface area contributed by atoms with Gasteiger partial charge in [0.2, 0.25) is 29.5 Å². The number of nitrogens with one attached hydrogen (secondary N) is 4. The van der Waals surface area contributed by atoms with Crippen LogP contribution in [0.15, 0.2) is 36.8 Å². The standard InChI is InChI=1S/C54H77F3N8O9/c1-33(2)53(19-17-39(27-53)61-43-18-23-72-32-45(43)71-4)52(70)65-30-36-25-37(54(55,56)57)29-60-48(36)44(31-65)63-50(68)34-9-11-38(12-10-34)62-46(66)8-6-22-73-40-13-15-41(16-14-40)74-24-21-59-51(69)42-26-47(67)64(3)49(42)35-7-5-20-58-28-35/h5,7,20,25,28-29,33-34,38-45,49,61H,6,8-19,21-24,26-27,30-32H2,1-4H3,(H,59,69)(H,62,66)(H,63,68)/t34?,38?,39-,40?,41?,42+,43+,44-,45-,49-,53+/m1/s1. The van der Waals surface area contributed by atoms with Crippen molar-refractivity contribution in [3.63, 3.8) is 0 Å². The number of amides is 5. The van der Waals surface area contributed by atoms with Crippen molar-refractivity contribution in [1.29, 1.82) is 0 Å². The second-order valence-corrected chi connectivity index (χ2v) is 21.9. The van der Waals surface area contributed by atoms with Gasteiger partial charge >= 0.3 is 6.18 Å². The Hall–Kier alpha value is -4.76. The predicted molar refractivity (Wildman–Crippen MR) is 266 cm³/mol. The molecule has 17 nitrogen and oxygen atoms in total. The number of nitrogens with zero attached hydrogens (tertiary/aromatic N) is 4. The van der Waals surface area contributed by atoms with Crippen molar-refractivity contribution in [3.8, 4) is 0 Å².